The van der Waals surface area contributed by atoms with Crippen molar-refractivity contribution in [1.29, 1.82) is 0 Å². The van der Waals surface area contributed by atoms with Crippen LogP contribution in [0.3, 0.4) is 0 Å². The van der Waals surface area contributed by atoms with Gasteiger partial charge in [-0.2, -0.15) is 0 Å². The number of rotatable bonds is 2. The molecule has 98 valence electrons. The van der Waals surface area contributed by atoms with E-state index in [9.17, 15) is 9.18 Å². The summed E-state index contributed by atoms with van der Waals surface area (Å²) in [4.78, 5) is 15.0. The maximum atomic E-state index is 13.0. The van der Waals surface area contributed by atoms with Crippen molar-refractivity contribution in [3.8, 4) is 0 Å². The lowest BCUT2D eigenvalue weighted by molar-refractivity contribution is 0.0765. The third-order valence-electron chi connectivity index (χ3n) is 3.04. The van der Waals surface area contributed by atoms with Crippen LogP contribution >= 0.6 is 23.1 Å². The van der Waals surface area contributed by atoms with E-state index in [4.69, 9.17) is 0 Å². The third-order valence-corrected chi connectivity index (χ3v) is 5.16. The lowest BCUT2D eigenvalue weighted by Crippen LogP contribution is -2.29. The van der Waals surface area contributed by atoms with Crippen molar-refractivity contribution in [3.63, 3.8) is 0 Å². The van der Waals surface area contributed by atoms with E-state index in [1.807, 2.05) is 22.4 Å². The fraction of sp³-hybridized carbons (Fsp3) is 0.214. The van der Waals surface area contributed by atoms with Gasteiger partial charge >= 0.3 is 0 Å². The first kappa shape index (κ1) is 12.7. The van der Waals surface area contributed by atoms with Crippen molar-refractivity contribution in [2.45, 2.75) is 5.37 Å². The number of amides is 1. The number of carbonyl (C=O) groups is 1. The highest BCUT2D eigenvalue weighted by atomic mass is 32.2. The van der Waals surface area contributed by atoms with Gasteiger partial charge in [-0.15, -0.1) is 23.1 Å². The van der Waals surface area contributed by atoms with Gasteiger partial charge in [-0.05, 0) is 29.1 Å². The maximum absolute atomic E-state index is 13.0. The van der Waals surface area contributed by atoms with Gasteiger partial charge in [-0.1, -0.05) is 18.2 Å². The molecule has 2 heterocycles. The first-order valence-corrected chi connectivity index (χ1v) is 7.90. The summed E-state index contributed by atoms with van der Waals surface area (Å²) in [6.07, 6.45) is 0. The summed E-state index contributed by atoms with van der Waals surface area (Å²) < 4.78 is 13.0. The molecule has 0 saturated carbocycles. The van der Waals surface area contributed by atoms with Crippen LogP contribution in [-0.2, 0) is 0 Å². The highest BCUT2D eigenvalue weighted by Gasteiger charge is 2.31. The van der Waals surface area contributed by atoms with Crippen LogP contribution < -0.4 is 0 Å². The van der Waals surface area contributed by atoms with Crippen LogP contribution in [0.4, 0.5) is 4.39 Å². The second-order valence-electron chi connectivity index (χ2n) is 4.25. The summed E-state index contributed by atoms with van der Waals surface area (Å²) in [5, 5.41) is 1.90. The molecule has 1 aromatic carbocycles. The lowest BCUT2D eigenvalue weighted by atomic mass is 10.2. The summed E-state index contributed by atoms with van der Waals surface area (Å²) in [5.74, 6) is 0.733. The van der Waals surface area contributed by atoms with E-state index in [2.05, 4.69) is 0 Å². The molecule has 0 spiro atoms. The Morgan fingerprint density at radius 2 is 2.05 bits per heavy atom. The summed E-state index contributed by atoms with van der Waals surface area (Å²) in [6, 6.07) is 10.1. The highest BCUT2D eigenvalue weighted by Crippen LogP contribution is 2.39. The molecule has 1 aliphatic rings. The van der Waals surface area contributed by atoms with E-state index < -0.39 is 0 Å². The molecule has 2 aromatic rings. The smallest absolute Gasteiger partial charge is 0.265 e. The molecule has 1 aromatic heterocycles. The Labute approximate surface area is 119 Å². The van der Waals surface area contributed by atoms with Gasteiger partial charge in [-0.3, -0.25) is 4.79 Å². The van der Waals surface area contributed by atoms with Crippen LogP contribution in [0.25, 0.3) is 0 Å². The Bertz CT molecular complexity index is 568. The minimum absolute atomic E-state index is 0.00444. The van der Waals surface area contributed by atoms with E-state index in [-0.39, 0.29) is 17.1 Å². The molecule has 2 nitrogen and oxygen atoms in total. The van der Waals surface area contributed by atoms with Gasteiger partial charge in [0.2, 0.25) is 0 Å². The molecule has 1 fully saturated rings. The maximum Gasteiger partial charge on any atom is 0.265 e. The van der Waals surface area contributed by atoms with Crippen LogP contribution in [-0.4, -0.2) is 23.1 Å². The quantitative estimate of drug-likeness (QED) is 0.840. The Balaban J connectivity index is 1.85. The number of thioether (sulfide) groups is 1. The monoisotopic (exact) mass is 293 g/mol. The molecule has 1 atom stereocenters. The van der Waals surface area contributed by atoms with Gasteiger partial charge < -0.3 is 4.90 Å². The molecular formula is C14H12FNOS2. The third kappa shape index (κ3) is 2.53. The van der Waals surface area contributed by atoms with E-state index in [0.717, 1.165) is 22.7 Å². The SMILES string of the molecule is O=C(c1cccs1)N1CCSC1c1ccc(F)cc1. The van der Waals surface area contributed by atoms with E-state index in [1.54, 1.807) is 23.9 Å². The number of benzene rings is 1. The summed E-state index contributed by atoms with van der Waals surface area (Å²) >= 11 is 3.18. The molecular weight excluding hydrogens is 281 g/mol. The van der Waals surface area contributed by atoms with Gasteiger partial charge in [0.15, 0.2) is 0 Å². The van der Waals surface area contributed by atoms with Gasteiger partial charge in [0.25, 0.3) is 5.91 Å². The normalized spacial score (nSPS) is 18.8. The van der Waals surface area contributed by atoms with Crippen LogP contribution in [0.5, 0.6) is 0 Å². The average Bonchev–Trinajstić information content (AvgIpc) is 3.10. The predicted octanol–water partition coefficient (Wildman–Crippen LogP) is 3.78. The second-order valence-corrected chi connectivity index (χ2v) is 6.39. The van der Waals surface area contributed by atoms with Gasteiger partial charge in [0.1, 0.15) is 11.2 Å². The van der Waals surface area contributed by atoms with Gasteiger partial charge in [-0.25, -0.2) is 4.39 Å². The topological polar surface area (TPSA) is 20.3 Å². The number of thiophene rings is 1. The van der Waals surface area contributed by atoms with Crippen LogP contribution in [0.2, 0.25) is 0 Å². The van der Waals surface area contributed by atoms with Crippen molar-refractivity contribution in [1.82, 2.24) is 4.90 Å². The summed E-state index contributed by atoms with van der Waals surface area (Å²) in [6.45, 7) is 0.740. The standard InChI is InChI=1S/C14H12FNOS2/c15-11-5-3-10(4-6-11)14-16(7-9-19-14)13(17)12-2-1-8-18-12/h1-6,8,14H,7,9H2. The van der Waals surface area contributed by atoms with Crippen molar-refractivity contribution < 1.29 is 9.18 Å². The lowest BCUT2D eigenvalue weighted by Gasteiger charge is -2.23. The zero-order valence-electron chi connectivity index (χ0n) is 10.1. The molecule has 1 unspecified atom stereocenters. The molecule has 19 heavy (non-hydrogen) atoms. The fourth-order valence-corrected chi connectivity index (χ4v) is 4.06. The Kier molecular flexibility index (Phi) is 3.57. The number of hydrogen-bond donors (Lipinski definition) is 0. The summed E-state index contributed by atoms with van der Waals surface area (Å²) in [7, 11) is 0. The average molecular weight is 293 g/mol. The molecule has 0 radical (unpaired) electrons. The molecule has 1 aliphatic heterocycles. The number of halogens is 1. The minimum atomic E-state index is -0.247. The molecule has 1 saturated heterocycles. The molecule has 0 aliphatic carbocycles. The van der Waals surface area contributed by atoms with Crippen molar-refractivity contribution in [2.75, 3.05) is 12.3 Å². The summed E-state index contributed by atoms with van der Waals surface area (Å²) in [5.41, 5.74) is 0.980. The Morgan fingerprint density at radius 3 is 2.74 bits per heavy atom. The molecule has 5 heteroatoms. The van der Waals surface area contributed by atoms with E-state index >= 15 is 0 Å². The molecule has 0 N–H and O–H groups in total. The van der Waals surface area contributed by atoms with Crippen molar-refractivity contribution in [3.05, 3.63) is 58.0 Å². The number of nitrogens with zero attached hydrogens (tertiary/aromatic N) is 1. The van der Waals surface area contributed by atoms with Gasteiger partial charge in [0.05, 0.1) is 4.88 Å². The van der Waals surface area contributed by atoms with Crippen molar-refractivity contribution >= 4 is 29.0 Å². The zero-order valence-corrected chi connectivity index (χ0v) is 11.7. The minimum Gasteiger partial charge on any atom is -0.321 e. The number of hydrogen-bond acceptors (Lipinski definition) is 3. The van der Waals surface area contributed by atoms with E-state index in [1.165, 1.54) is 23.5 Å². The Hall–Kier alpha value is -1.33. The first-order chi connectivity index (χ1) is 9.25. The Morgan fingerprint density at radius 1 is 1.26 bits per heavy atom. The highest BCUT2D eigenvalue weighted by molar-refractivity contribution is 7.99. The van der Waals surface area contributed by atoms with Crippen LogP contribution in [0.15, 0.2) is 41.8 Å². The second kappa shape index (κ2) is 5.35. The fourth-order valence-electron chi connectivity index (χ4n) is 2.12. The zero-order chi connectivity index (χ0) is 13.2. The van der Waals surface area contributed by atoms with Crippen molar-refractivity contribution in [2.24, 2.45) is 0 Å². The molecule has 1 amide bonds. The first-order valence-electron chi connectivity index (χ1n) is 5.97. The largest absolute Gasteiger partial charge is 0.321 e. The molecule has 0 bridgehead atoms. The van der Waals surface area contributed by atoms with Gasteiger partial charge in [0, 0.05) is 12.3 Å². The van der Waals surface area contributed by atoms with E-state index in [0.29, 0.717) is 0 Å². The number of carbonyl (C=O) groups excluding carboxylic acids is 1. The van der Waals surface area contributed by atoms with Crippen LogP contribution in [0, 0.1) is 5.82 Å². The predicted molar refractivity (Wildman–Crippen MR) is 77.0 cm³/mol. The molecule has 3 rings (SSSR count). The van der Waals surface area contributed by atoms with Crippen LogP contribution in [0.1, 0.15) is 20.6 Å².